The Morgan fingerprint density at radius 1 is 0.944 bits per heavy atom. The van der Waals surface area contributed by atoms with E-state index in [4.69, 9.17) is 0 Å². The molecular formula is C16H14BrN. The van der Waals surface area contributed by atoms with Gasteiger partial charge in [-0.05, 0) is 23.3 Å². The summed E-state index contributed by atoms with van der Waals surface area (Å²) in [5.41, 5.74) is 2.27. The molecule has 0 spiro atoms. The van der Waals surface area contributed by atoms with Crippen LogP contribution in [0.5, 0.6) is 0 Å². The molecule has 90 valence electrons. The zero-order chi connectivity index (χ0) is 13.0. The second-order valence-corrected chi connectivity index (χ2v) is 5.27. The van der Waals surface area contributed by atoms with Crippen LogP contribution in [0.4, 0.5) is 0 Å². The van der Waals surface area contributed by atoms with E-state index < -0.39 is 0 Å². The predicted octanol–water partition coefficient (Wildman–Crippen LogP) is 4.86. The van der Waals surface area contributed by atoms with Crippen LogP contribution >= 0.6 is 15.9 Å². The van der Waals surface area contributed by atoms with Crippen LogP contribution in [0.2, 0.25) is 0 Å². The van der Waals surface area contributed by atoms with Crippen molar-refractivity contribution in [1.29, 1.82) is 5.26 Å². The number of rotatable bonds is 3. The number of halogens is 1. The summed E-state index contributed by atoms with van der Waals surface area (Å²) < 4.78 is 1.04. The van der Waals surface area contributed by atoms with Gasteiger partial charge in [0.2, 0.25) is 0 Å². The summed E-state index contributed by atoms with van der Waals surface area (Å²) in [7, 11) is 0. The summed E-state index contributed by atoms with van der Waals surface area (Å²) in [5, 5.41) is 9.42. The molecule has 2 heteroatoms. The minimum absolute atomic E-state index is 0.111. The second-order valence-electron chi connectivity index (χ2n) is 4.36. The van der Waals surface area contributed by atoms with Gasteiger partial charge in [0, 0.05) is 10.4 Å². The largest absolute Gasteiger partial charge is 0.198 e. The van der Waals surface area contributed by atoms with Gasteiger partial charge in [-0.3, -0.25) is 0 Å². The Morgan fingerprint density at radius 3 is 2.11 bits per heavy atom. The fourth-order valence-corrected chi connectivity index (χ4v) is 2.36. The first-order valence-electron chi connectivity index (χ1n) is 5.92. The highest BCUT2D eigenvalue weighted by Gasteiger charge is 2.20. The molecule has 0 aromatic heterocycles. The summed E-state index contributed by atoms with van der Waals surface area (Å²) in [6, 6.07) is 20.6. The van der Waals surface area contributed by atoms with Crippen LogP contribution in [0, 0.1) is 11.3 Å². The summed E-state index contributed by atoms with van der Waals surface area (Å²) in [4.78, 5) is 0. The van der Waals surface area contributed by atoms with Gasteiger partial charge in [-0.25, -0.2) is 0 Å². The van der Waals surface area contributed by atoms with Crippen LogP contribution in [-0.2, 0) is 0 Å². The molecule has 0 radical (unpaired) electrons. The average molecular weight is 300 g/mol. The Labute approximate surface area is 116 Å². The van der Waals surface area contributed by atoms with Gasteiger partial charge >= 0.3 is 0 Å². The van der Waals surface area contributed by atoms with E-state index >= 15 is 0 Å². The maximum absolute atomic E-state index is 9.42. The average Bonchev–Trinajstić information content (AvgIpc) is 2.42. The molecule has 0 aliphatic carbocycles. The van der Waals surface area contributed by atoms with Gasteiger partial charge in [-0.1, -0.05) is 65.3 Å². The summed E-state index contributed by atoms with van der Waals surface area (Å²) in [6.45, 7) is 2.10. The van der Waals surface area contributed by atoms with Crippen LogP contribution in [0.15, 0.2) is 59.1 Å². The molecule has 2 aromatic carbocycles. The van der Waals surface area contributed by atoms with Crippen LogP contribution in [0.1, 0.15) is 29.9 Å². The Hall–Kier alpha value is -1.59. The molecular weight excluding hydrogens is 286 g/mol. The third kappa shape index (κ3) is 2.80. The standard InChI is InChI=1S/C16H14BrN/c1-12(13-5-3-2-4-6-13)16(11-18)14-7-9-15(17)10-8-14/h2-10,12,16H,1H3. The molecule has 0 saturated heterocycles. The van der Waals surface area contributed by atoms with Crippen molar-refractivity contribution in [3.05, 3.63) is 70.2 Å². The highest BCUT2D eigenvalue weighted by atomic mass is 79.9. The van der Waals surface area contributed by atoms with Crippen molar-refractivity contribution in [2.24, 2.45) is 0 Å². The molecule has 2 rings (SSSR count). The third-order valence-electron chi connectivity index (χ3n) is 3.19. The van der Waals surface area contributed by atoms with Gasteiger partial charge in [0.25, 0.3) is 0 Å². The number of benzene rings is 2. The molecule has 0 aliphatic rings. The molecule has 0 fully saturated rings. The topological polar surface area (TPSA) is 23.8 Å². The van der Waals surface area contributed by atoms with Crippen LogP contribution < -0.4 is 0 Å². The summed E-state index contributed by atoms with van der Waals surface area (Å²) >= 11 is 3.42. The zero-order valence-corrected chi connectivity index (χ0v) is 11.8. The van der Waals surface area contributed by atoms with Gasteiger partial charge in [-0.2, -0.15) is 5.26 Å². The van der Waals surface area contributed by atoms with Gasteiger partial charge in [-0.15, -0.1) is 0 Å². The minimum atomic E-state index is -0.111. The Morgan fingerprint density at radius 2 is 1.56 bits per heavy atom. The molecule has 2 atom stereocenters. The molecule has 0 amide bonds. The molecule has 0 heterocycles. The van der Waals surface area contributed by atoms with Crippen molar-refractivity contribution in [2.45, 2.75) is 18.8 Å². The number of hydrogen-bond donors (Lipinski definition) is 0. The van der Waals surface area contributed by atoms with Crippen LogP contribution in [0.3, 0.4) is 0 Å². The van der Waals surface area contributed by atoms with E-state index in [-0.39, 0.29) is 11.8 Å². The predicted molar refractivity (Wildman–Crippen MR) is 77.4 cm³/mol. The SMILES string of the molecule is CC(c1ccccc1)C(C#N)c1ccc(Br)cc1. The molecule has 0 aliphatic heterocycles. The number of nitrogens with zero attached hydrogens (tertiary/aromatic N) is 1. The van der Waals surface area contributed by atoms with Crippen LogP contribution in [-0.4, -0.2) is 0 Å². The molecule has 2 unspecified atom stereocenters. The molecule has 2 aromatic rings. The van der Waals surface area contributed by atoms with Crippen molar-refractivity contribution >= 4 is 15.9 Å². The lowest BCUT2D eigenvalue weighted by Gasteiger charge is -2.18. The normalized spacial score (nSPS) is 13.6. The number of hydrogen-bond acceptors (Lipinski definition) is 1. The lowest BCUT2D eigenvalue weighted by atomic mass is 9.84. The summed E-state index contributed by atoms with van der Waals surface area (Å²) in [5.74, 6) is 0.0814. The monoisotopic (exact) mass is 299 g/mol. The van der Waals surface area contributed by atoms with E-state index in [1.807, 2.05) is 42.5 Å². The van der Waals surface area contributed by atoms with E-state index in [1.165, 1.54) is 5.56 Å². The van der Waals surface area contributed by atoms with E-state index in [9.17, 15) is 5.26 Å². The van der Waals surface area contributed by atoms with Crippen molar-refractivity contribution in [1.82, 2.24) is 0 Å². The van der Waals surface area contributed by atoms with Crippen molar-refractivity contribution in [3.8, 4) is 6.07 Å². The first-order chi connectivity index (χ1) is 8.72. The molecule has 0 bridgehead atoms. The minimum Gasteiger partial charge on any atom is -0.198 e. The highest BCUT2D eigenvalue weighted by Crippen LogP contribution is 2.32. The molecule has 0 saturated carbocycles. The van der Waals surface area contributed by atoms with E-state index in [1.54, 1.807) is 0 Å². The first-order valence-corrected chi connectivity index (χ1v) is 6.71. The van der Waals surface area contributed by atoms with Crippen LogP contribution in [0.25, 0.3) is 0 Å². The lowest BCUT2D eigenvalue weighted by molar-refractivity contribution is 0.686. The van der Waals surface area contributed by atoms with Crippen molar-refractivity contribution < 1.29 is 0 Å². The third-order valence-corrected chi connectivity index (χ3v) is 3.72. The smallest absolute Gasteiger partial charge is 0.0778 e. The highest BCUT2D eigenvalue weighted by molar-refractivity contribution is 9.10. The molecule has 18 heavy (non-hydrogen) atoms. The summed E-state index contributed by atoms with van der Waals surface area (Å²) in [6.07, 6.45) is 0. The first kappa shape index (κ1) is 12.9. The van der Waals surface area contributed by atoms with E-state index in [0.29, 0.717) is 0 Å². The number of nitriles is 1. The van der Waals surface area contributed by atoms with Gasteiger partial charge in [0.1, 0.15) is 0 Å². The van der Waals surface area contributed by atoms with E-state index in [2.05, 4.69) is 41.1 Å². The fourth-order valence-electron chi connectivity index (χ4n) is 2.09. The van der Waals surface area contributed by atoms with Gasteiger partial charge < -0.3 is 0 Å². The maximum Gasteiger partial charge on any atom is 0.0778 e. The fraction of sp³-hybridized carbons (Fsp3) is 0.188. The molecule has 0 N–H and O–H groups in total. The van der Waals surface area contributed by atoms with Crippen molar-refractivity contribution in [3.63, 3.8) is 0 Å². The quantitative estimate of drug-likeness (QED) is 0.794. The van der Waals surface area contributed by atoms with E-state index in [0.717, 1.165) is 10.0 Å². The zero-order valence-electron chi connectivity index (χ0n) is 10.2. The van der Waals surface area contributed by atoms with Gasteiger partial charge in [0.15, 0.2) is 0 Å². The maximum atomic E-state index is 9.42. The van der Waals surface area contributed by atoms with Gasteiger partial charge in [0.05, 0.1) is 12.0 Å². The van der Waals surface area contributed by atoms with Crippen molar-refractivity contribution in [2.75, 3.05) is 0 Å². The second kappa shape index (κ2) is 5.84. The Bertz CT molecular complexity index is 540. The lowest BCUT2D eigenvalue weighted by Crippen LogP contribution is -2.06. The Kier molecular flexibility index (Phi) is 4.17. The molecule has 1 nitrogen and oxygen atoms in total. The Balaban J connectivity index is 2.30.